The molecular weight excluding hydrogens is 338 g/mol. The van der Waals surface area contributed by atoms with Gasteiger partial charge in [0.1, 0.15) is 36.7 Å². The first kappa shape index (κ1) is 20.9. The molecule has 9 atom stereocenters. The third-order valence-corrected chi connectivity index (χ3v) is 4.09. The molecule has 0 spiro atoms. The van der Waals surface area contributed by atoms with Gasteiger partial charge in [-0.1, -0.05) is 0 Å². The fraction of sp³-hybridized carbons (Fsp3) is 1.00. The van der Waals surface area contributed by atoms with E-state index >= 15 is 0 Å². The predicted octanol–water partition coefficient (Wildman–Crippen LogP) is -4.52. The van der Waals surface area contributed by atoms with Crippen LogP contribution in [0.4, 0.5) is 0 Å². The summed E-state index contributed by atoms with van der Waals surface area (Å²) in [5.74, 6) is -0.578. The fourth-order valence-electron chi connectivity index (χ4n) is 2.66. The van der Waals surface area contributed by atoms with Gasteiger partial charge in [-0.25, -0.2) is 0 Å². The van der Waals surface area contributed by atoms with Crippen LogP contribution in [0.15, 0.2) is 0 Å². The molecule has 2 heterocycles. The van der Waals surface area contributed by atoms with Gasteiger partial charge in [-0.05, 0) is 0 Å². The molecule has 2 saturated heterocycles. The lowest BCUT2D eigenvalue weighted by molar-refractivity contribution is -0.327. The Morgan fingerprint density at radius 3 is 2.13 bits per heavy atom. The number of hydrogen-bond donors (Lipinski definition) is 8. The number of aliphatic hydroxyl groups is 7. The van der Waals surface area contributed by atoms with Crippen molar-refractivity contribution in [2.45, 2.75) is 49.1 Å². The highest BCUT2D eigenvalue weighted by Gasteiger charge is 2.47. The monoisotopic (exact) mass is 361 g/mol. The SMILES string of the molecule is Cl.OC[C@H]1CNC(O)[C@@H](O)[C@@H]1O[C@@H]1O[C@H](CO)[C@@H](O)[C@H](O)[C@H]1O. The second kappa shape index (κ2) is 8.83. The first-order valence-electron chi connectivity index (χ1n) is 7.07. The minimum Gasteiger partial charge on any atom is -0.396 e. The Morgan fingerprint density at radius 1 is 0.913 bits per heavy atom. The van der Waals surface area contributed by atoms with Crippen LogP contribution in [0.3, 0.4) is 0 Å². The van der Waals surface area contributed by atoms with Gasteiger partial charge in [0, 0.05) is 19.1 Å². The van der Waals surface area contributed by atoms with Crippen LogP contribution in [-0.4, -0.2) is 105 Å². The van der Waals surface area contributed by atoms with Gasteiger partial charge in [-0.2, -0.15) is 0 Å². The molecule has 0 aromatic carbocycles. The van der Waals surface area contributed by atoms with Crippen molar-refractivity contribution in [3.63, 3.8) is 0 Å². The Labute approximate surface area is 138 Å². The van der Waals surface area contributed by atoms with E-state index in [0.29, 0.717) is 0 Å². The lowest BCUT2D eigenvalue weighted by atomic mass is 9.92. The predicted molar refractivity (Wildman–Crippen MR) is 76.5 cm³/mol. The number of ether oxygens (including phenoxy) is 2. The number of rotatable bonds is 4. The van der Waals surface area contributed by atoms with E-state index in [4.69, 9.17) is 14.6 Å². The van der Waals surface area contributed by atoms with Gasteiger partial charge in [0.05, 0.1) is 12.7 Å². The van der Waals surface area contributed by atoms with Gasteiger partial charge in [0.25, 0.3) is 0 Å². The Hall–Kier alpha value is -0.110. The molecule has 0 aromatic rings. The highest BCUT2D eigenvalue weighted by molar-refractivity contribution is 5.85. The zero-order chi connectivity index (χ0) is 16.4. The Bertz CT molecular complexity index is 361. The molecule has 2 rings (SSSR count). The van der Waals surface area contributed by atoms with Crippen LogP contribution in [0.2, 0.25) is 0 Å². The van der Waals surface area contributed by atoms with E-state index in [1.807, 2.05) is 0 Å². The molecule has 10 nitrogen and oxygen atoms in total. The summed E-state index contributed by atoms with van der Waals surface area (Å²) in [6.45, 7) is -0.790. The van der Waals surface area contributed by atoms with E-state index in [1.54, 1.807) is 0 Å². The van der Waals surface area contributed by atoms with Gasteiger partial charge >= 0.3 is 0 Å². The second-order valence-corrected chi connectivity index (χ2v) is 5.58. The summed E-state index contributed by atoms with van der Waals surface area (Å²) in [6.07, 6.45) is -11.0. The molecule has 23 heavy (non-hydrogen) atoms. The summed E-state index contributed by atoms with van der Waals surface area (Å²) in [4.78, 5) is 0. The quantitative estimate of drug-likeness (QED) is 0.244. The fourth-order valence-corrected chi connectivity index (χ4v) is 2.66. The maximum Gasteiger partial charge on any atom is 0.187 e. The number of piperidine rings is 1. The summed E-state index contributed by atoms with van der Waals surface area (Å²) in [7, 11) is 0. The number of halogens is 1. The summed E-state index contributed by atoms with van der Waals surface area (Å²) >= 11 is 0. The van der Waals surface area contributed by atoms with Crippen molar-refractivity contribution in [2.75, 3.05) is 19.8 Å². The Balaban J connectivity index is 0.00000264. The highest BCUT2D eigenvalue weighted by Crippen LogP contribution is 2.27. The number of hydrogen-bond acceptors (Lipinski definition) is 10. The van der Waals surface area contributed by atoms with Crippen LogP contribution in [0.1, 0.15) is 0 Å². The standard InChI is InChI=1S/C12H23NO9.ClH/c14-2-4-1-13-11(20)9(19)10(4)22-12-8(18)7(17)6(16)5(3-15)21-12;/h4-20H,1-3H2;1H/t4-,5-,6-,7+,8-,9+,10-,11?,12+;/m1./s1. The van der Waals surface area contributed by atoms with Crippen LogP contribution in [0.25, 0.3) is 0 Å². The van der Waals surface area contributed by atoms with E-state index < -0.39 is 61.7 Å². The summed E-state index contributed by atoms with van der Waals surface area (Å²) in [5.41, 5.74) is 0. The molecule has 11 heteroatoms. The van der Waals surface area contributed by atoms with Crippen molar-refractivity contribution in [1.29, 1.82) is 0 Å². The molecule has 2 aliphatic rings. The topological polar surface area (TPSA) is 172 Å². The summed E-state index contributed by atoms with van der Waals surface area (Å²) in [5, 5.41) is 69.8. The average molecular weight is 362 g/mol. The lowest BCUT2D eigenvalue weighted by Gasteiger charge is -2.44. The largest absolute Gasteiger partial charge is 0.396 e. The minimum absolute atomic E-state index is 0. The number of aliphatic hydroxyl groups excluding tert-OH is 7. The molecule has 0 aliphatic carbocycles. The van der Waals surface area contributed by atoms with E-state index in [9.17, 15) is 30.6 Å². The third kappa shape index (κ3) is 4.30. The molecule has 0 saturated carbocycles. The molecule has 8 N–H and O–H groups in total. The van der Waals surface area contributed by atoms with Crippen LogP contribution in [-0.2, 0) is 9.47 Å². The second-order valence-electron chi connectivity index (χ2n) is 5.58. The van der Waals surface area contributed by atoms with Crippen LogP contribution >= 0.6 is 12.4 Å². The normalized spacial score (nSPS) is 47.9. The maximum absolute atomic E-state index is 9.95. The van der Waals surface area contributed by atoms with Gasteiger partial charge in [0.15, 0.2) is 6.29 Å². The van der Waals surface area contributed by atoms with Crippen LogP contribution in [0.5, 0.6) is 0 Å². The van der Waals surface area contributed by atoms with Gasteiger partial charge in [-0.3, -0.25) is 5.32 Å². The minimum atomic E-state index is -1.61. The molecule has 0 amide bonds. The Kier molecular flexibility index (Phi) is 8.04. The van der Waals surface area contributed by atoms with Crippen molar-refractivity contribution in [3.8, 4) is 0 Å². The molecule has 0 bridgehead atoms. The van der Waals surface area contributed by atoms with E-state index in [-0.39, 0.29) is 25.6 Å². The molecule has 0 aromatic heterocycles. The van der Waals surface area contributed by atoms with Gasteiger partial charge in [-0.15, -0.1) is 12.4 Å². The molecule has 2 fully saturated rings. The van der Waals surface area contributed by atoms with Gasteiger partial charge < -0.3 is 45.2 Å². The zero-order valence-corrected chi connectivity index (χ0v) is 13.0. The first-order valence-corrected chi connectivity index (χ1v) is 7.07. The highest BCUT2D eigenvalue weighted by atomic mass is 35.5. The van der Waals surface area contributed by atoms with E-state index in [1.165, 1.54) is 0 Å². The van der Waals surface area contributed by atoms with E-state index in [0.717, 1.165) is 0 Å². The number of nitrogens with one attached hydrogen (secondary N) is 1. The van der Waals surface area contributed by atoms with Crippen molar-refractivity contribution in [3.05, 3.63) is 0 Å². The maximum atomic E-state index is 9.95. The van der Waals surface area contributed by atoms with Crippen molar-refractivity contribution in [1.82, 2.24) is 5.32 Å². The van der Waals surface area contributed by atoms with Gasteiger partial charge in [0.2, 0.25) is 0 Å². The summed E-state index contributed by atoms with van der Waals surface area (Å²) in [6, 6.07) is 0. The van der Waals surface area contributed by atoms with Crippen molar-refractivity contribution in [2.24, 2.45) is 5.92 Å². The van der Waals surface area contributed by atoms with Crippen molar-refractivity contribution >= 4 is 12.4 Å². The van der Waals surface area contributed by atoms with Crippen LogP contribution < -0.4 is 5.32 Å². The molecular formula is C12H24ClNO9. The Morgan fingerprint density at radius 2 is 1.57 bits per heavy atom. The zero-order valence-electron chi connectivity index (χ0n) is 12.2. The molecule has 0 radical (unpaired) electrons. The lowest BCUT2D eigenvalue weighted by Crippen LogP contribution is -2.64. The smallest absolute Gasteiger partial charge is 0.187 e. The average Bonchev–Trinajstić information content (AvgIpc) is 2.52. The van der Waals surface area contributed by atoms with E-state index in [2.05, 4.69) is 5.32 Å². The third-order valence-electron chi connectivity index (χ3n) is 4.09. The molecule has 2 aliphatic heterocycles. The first-order chi connectivity index (χ1) is 10.4. The summed E-state index contributed by atoms with van der Waals surface area (Å²) < 4.78 is 10.6. The van der Waals surface area contributed by atoms with Crippen LogP contribution in [0, 0.1) is 5.92 Å². The molecule has 138 valence electrons. The van der Waals surface area contributed by atoms with Crippen molar-refractivity contribution < 1.29 is 45.2 Å². The molecule has 1 unspecified atom stereocenters.